The summed E-state index contributed by atoms with van der Waals surface area (Å²) < 4.78 is 28.1. The highest BCUT2D eigenvalue weighted by Gasteiger charge is 2.23. The number of hydrogen-bond acceptors (Lipinski definition) is 7. The van der Waals surface area contributed by atoms with Crippen LogP contribution in [-0.4, -0.2) is 46.8 Å². The van der Waals surface area contributed by atoms with Crippen LogP contribution in [0.1, 0.15) is 22.3 Å². The van der Waals surface area contributed by atoms with Gasteiger partial charge in [0.25, 0.3) is 0 Å². The van der Waals surface area contributed by atoms with Gasteiger partial charge in [0.1, 0.15) is 23.2 Å². The number of aromatic nitrogens is 1. The SMILES string of the molecule is COc1ccc(COc2nsc(NC(=O)NCCCO)c2C(=O)O)c(F)c1. The normalized spacial score (nSPS) is 10.3. The van der Waals surface area contributed by atoms with Crippen molar-refractivity contribution in [2.75, 3.05) is 25.6 Å². The van der Waals surface area contributed by atoms with Crippen LogP contribution < -0.4 is 20.1 Å². The number of nitrogens with zero attached hydrogens (tertiary/aromatic N) is 1. The molecule has 11 heteroatoms. The minimum absolute atomic E-state index is 0.0193. The minimum Gasteiger partial charge on any atom is -0.497 e. The summed E-state index contributed by atoms with van der Waals surface area (Å²) in [6.45, 7) is -0.104. The number of aliphatic hydroxyl groups is 1. The van der Waals surface area contributed by atoms with Gasteiger partial charge in [0.05, 0.1) is 7.11 Å². The van der Waals surface area contributed by atoms with E-state index in [1.807, 2.05) is 0 Å². The first kappa shape index (κ1) is 20.4. The molecule has 1 aromatic heterocycles. The second-order valence-electron chi connectivity index (χ2n) is 5.20. The van der Waals surface area contributed by atoms with E-state index < -0.39 is 17.8 Å². The van der Waals surface area contributed by atoms with Crippen molar-refractivity contribution < 1.29 is 33.7 Å². The number of anilines is 1. The van der Waals surface area contributed by atoms with Gasteiger partial charge in [-0.15, -0.1) is 0 Å². The number of rotatable bonds is 9. The molecule has 0 fully saturated rings. The highest BCUT2D eigenvalue weighted by atomic mass is 32.1. The Morgan fingerprint density at radius 2 is 2.15 bits per heavy atom. The molecule has 4 N–H and O–H groups in total. The van der Waals surface area contributed by atoms with Crippen LogP contribution in [0.25, 0.3) is 0 Å². The Morgan fingerprint density at radius 3 is 2.78 bits per heavy atom. The summed E-state index contributed by atoms with van der Waals surface area (Å²) in [5.41, 5.74) is -0.136. The van der Waals surface area contributed by atoms with Gasteiger partial charge in [0.15, 0.2) is 5.56 Å². The zero-order valence-electron chi connectivity index (χ0n) is 14.3. The zero-order chi connectivity index (χ0) is 19.8. The van der Waals surface area contributed by atoms with Gasteiger partial charge in [-0.05, 0) is 30.1 Å². The third-order valence-corrected chi connectivity index (χ3v) is 4.09. The number of urea groups is 1. The molecule has 146 valence electrons. The van der Waals surface area contributed by atoms with Crippen LogP contribution in [0.2, 0.25) is 0 Å². The van der Waals surface area contributed by atoms with Crippen LogP contribution in [0.5, 0.6) is 11.6 Å². The van der Waals surface area contributed by atoms with Crippen molar-refractivity contribution in [1.29, 1.82) is 0 Å². The van der Waals surface area contributed by atoms with Gasteiger partial charge >= 0.3 is 12.0 Å². The molecule has 2 rings (SSSR count). The highest BCUT2D eigenvalue weighted by Crippen LogP contribution is 2.31. The number of carbonyl (C=O) groups excluding carboxylic acids is 1. The number of halogens is 1. The van der Waals surface area contributed by atoms with Crippen LogP contribution in [0.3, 0.4) is 0 Å². The van der Waals surface area contributed by atoms with Gasteiger partial charge in [0, 0.05) is 24.8 Å². The Hall–Kier alpha value is -2.92. The molecule has 1 heterocycles. The lowest BCUT2D eigenvalue weighted by Crippen LogP contribution is -2.30. The van der Waals surface area contributed by atoms with Crippen LogP contribution in [-0.2, 0) is 6.61 Å². The first-order valence-electron chi connectivity index (χ1n) is 7.80. The monoisotopic (exact) mass is 399 g/mol. The Balaban J connectivity index is 2.08. The minimum atomic E-state index is -1.35. The molecule has 0 aliphatic carbocycles. The Labute approximate surface area is 157 Å². The molecule has 0 aliphatic rings. The van der Waals surface area contributed by atoms with E-state index in [0.717, 1.165) is 11.5 Å². The molecule has 27 heavy (non-hydrogen) atoms. The van der Waals surface area contributed by atoms with Crippen molar-refractivity contribution in [3.63, 3.8) is 0 Å². The second kappa shape index (κ2) is 9.69. The summed E-state index contributed by atoms with van der Waals surface area (Å²) >= 11 is 0.727. The van der Waals surface area contributed by atoms with Gasteiger partial charge in [-0.2, -0.15) is 4.37 Å². The maximum absolute atomic E-state index is 13.9. The van der Waals surface area contributed by atoms with Crippen molar-refractivity contribution in [2.24, 2.45) is 0 Å². The smallest absolute Gasteiger partial charge is 0.344 e. The molecule has 1 aromatic carbocycles. The highest BCUT2D eigenvalue weighted by molar-refractivity contribution is 7.11. The molecule has 9 nitrogen and oxygen atoms in total. The summed E-state index contributed by atoms with van der Waals surface area (Å²) in [6.07, 6.45) is 0.365. The van der Waals surface area contributed by atoms with Crippen LogP contribution in [0, 0.1) is 5.82 Å². The number of amides is 2. The van der Waals surface area contributed by atoms with E-state index in [-0.39, 0.29) is 41.8 Å². The van der Waals surface area contributed by atoms with E-state index in [9.17, 15) is 19.1 Å². The van der Waals surface area contributed by atoms with Gasteiger partial charge in [0.2, 0.25) is 5.88 Å². The fourth-order valence-electron chi connectivity index (χ4n) is 1.99. The van der Waals surface area contributed by atoms with E-state index in [2.05, 4.69) is 15.0 Å². The third kappa shape index (κ3) is 5.53. The van der Waals surface area contributed by atoms with Gasteiger partial charge in [-0.25, -0.2) is 14.0 Å². The molecular weight excluding hydrogens is 381 g/mol. The molecule has 0 atom stereocenters. The number of benzene rings is 1. The maximum Gasteiger partial charge on any atom is 0.344 e. The van der Waals surface area contributed by atoms with E-state index in [0.29, 0.717) is 12.2 Å². The molecule has 0 aliphatic heterocycles. The average molecular weight is 399 g/mol. The summed E-state index contributed by atoms with van der Waals surface area (Å²) in [4.78, 5) is 23.2. The molecule has 0 saturated carbocycles. The van der Waals surface area contributed by atoms with Gasteiger partial charge < -0.3 is 25.0 Å². The lowest BCUT2D eigenvalue weighted by atomic mass is 10.2. The lowest BCUT2D eigenvalue weighted by Gasteiger charge is -2.08. The molecule has 0 unspecified atom stereocenters. The fraction of sp³-hybridized carbons (Fsp3) is 0.312. The number of hydrogen-bond donors (Lipinski definition) is 4. The van der Waals surface area contributed by atoms with Crippen LogP contribution >= 0.6 is 11.5 Å². The molecule has 2 aromatic rings. The third-order valence-electron chi connectivity index (χ3n) is 3.35. The average Bonchev–Trinajstić information content (AvgIpc) is 3.03. The lowest BCUT2D eigenvalue weighted by molar-refractivity contribution is 0.0693. The molecular formula is C16H18FN3O6S. The van der Waals surface area contributed by atoms with E-state index in [1.165, 1.54) is 19.2 Å². The van der Waals surface area contributed by atoms with Crippen molar-refractivity contribution in [3.05, 3.63) is 35.1 Å². The van der Waals surface area contributed by atoms with E-state index in [4.69, 9.17) is 14.6 Å². The predicted octanol–water partition coefficient (Wildman–Crippen LogP) is 2.07. The summed E-state index contributed by atoms with van der Waals surface area (Å²) in [6, 6.07) is 3.54. The second-order valence-corrected chi connectivity index (χ2v) is 5.97. The Morgan fingerprint density at radius 1 is 1.37 bits per heavy atom. The fourth-order valence-corrected chi connectivity index (χ4v) is 2.72. The van der Waals surface area contributed by atoms with Gasteiger partial charge in [-0.3, -0.25) is 5.32 Å². The number of carbonyl (C=O) groups is 2. The van der Waals surface area contributed by atoms with Crippen molar-refractivity contribution in [1.82, 2.24) is 9.69 Å². The standard InChI is InChI=1S/C16H18FN3O6S/c1-25-10-4-3-9(11(17)7-10)8-26-13-12(15(22)23)14(27-20-13)19-16(24)18-5-2-6-21/h3-4,7,21H,2,5-6,8H2,1H3,(H,22,23)(H2,18,19,24). The summed E-state index contributed by atoms with van der Waals surface area (Å²) in [7, 11) is 1.41. The molecule has 0 radical (unpaired) electrons. The number of aromatic carboxylic acids is 1. The van der Waals surface area contributed by atoms with Crippen LogP contribution in [0.4, 0.5) is 14.2 Å². The van der Waals surface area contributed by atoms with E-state index in [1.54, 1.807) is 6.07 Å². The largest absolute Gasteiger partial charge is 0.497 e. The Kier molecular flexibility index (Phi) is 7.32. The maximum atomic E-state index is 13.9. The number of aliphatic hydroxyl groups excluding tert-OH is 1. The van der Waals surface area contributed by atoms with E-state index >= 15 is 0 Å². The number of carboxylic acids is 1. The Bertz CT molecular complexity index is 813. The van der Waals surface area contributed by atoms with Crippen molar-refractivity contribution in [2.45, 2.75) is 13.0 Å². The number of methoxy groups -OCH3 is 1. The summed E-state index contributed by atoms with van der Waals surface area (Å²) in [5.74, 6) is -1.80. The van der Waals surface area contributed by atoms with Gasteiger partial charge in [-0.1, -0.05) is 0 Å². The van der Waals surface area contributed by atoms with Crippen molar-refractivity contribution >= 4 is 28.5 Å². The zero-order valence-corrected chi connectivity index (χ0v) is 15.1. The molecule has 2 amide bonds. The first-order valence-corrected chi connectivity index (χ1v) is 8.57. The van der Waals surface area contributed by atoms with Crippen molar-refractivity contribution in [3.8, 4) is 11.6 Å². The first-order chi connectivity index (χ1) is 13.0. The predicted molar refractivity (Wildman–Crippen MR) is 95.1 cm³/mol. The van der Waals surface area contributed by atoms with Crippen LogP contribution in [0.15, 0.2) is 18.2 Å². The summed E-state index contributed by atoms with van der Waals surface area (Å²) in [5, 5.41) is 22.9. The number of ether oxygens (including phenoxy) is 2. The topological polar surface area (TPSA) is 130 Å². The quantitative estimate of drug-likeness (QED) is 0.475. The molecule has 0 saturated heterocycles. The molecule has 0 spiro atoms. The molecule has 0 bridgehead atoms. The number of carboxylic acid groups (broad SMARTS) is 1. The number of nitrogens with one attached hydrogen (secondary N) is 2.